The van der Waals surface area contributed by atoms with Crippen LogP contribution in [0, 0.1) is 11.3 Å². The first-order valence-corrected chi connectivity index (χ1v) is 8.54. The third-order valence-corrected chi connectivity index (χ3v) is 4.60. The van der Waals surface area contributed by atoms with Crippen molar-refractivity contribution in [1.82, 2.24) is 9.13 Å². The second-order valence-corrected chi connectivity index (χ2v) is 6.70. The molecule has 2 aromatic carbocycles. The van der Waals surface area contributed by atoms with E-state index in [0.717, 1.165) is 15.5 Å². The summed E-state index contributed by atoms with van der Waals surface area (Å²) >= 11 is 3.33. The SMILES string of the molecule is Cn1c(=O)n(C)c2cc(C=C(C#N)C(=O)Nc3ccc(Br)cc3)ccc21. The fourth-order valence-electron chi connectivity index (χ4n) is 2.66. The van der Waals surface area contributed by atoms with Gasteiger partial charge in [-0.15, -0.1) is 0 Å². The Hall–Kier alpha value is -3.11. The number of nitrogens with one attached hydrogen (secondary N) is 1. The molecule has 0 spiro atoms. The Balaban J connectivity index is 1.93. The summed E-state index contributed by atoms with van der Waals surface area (Å²) in [6, 6.07) is 14.4. The maximum absolute atomic E-state index is 12.3. The molecule has 0 bridgehead atoms. The van der Waals surface area contributed by atoms with E-state index in [1.807, 2.05) is 6.07 Å². The summed E-state index contributed by atoms with van der Waals surface area (Å²) in [6.07, 6.45) is 1.51. The number of hydrogen-bond acceptors (Lipinski definition) is 3. The number of imidazole rings is 1. The predicted molar refractivity (Wildman–Crippen MR) is 105 cm³/mol. The maximum Gasteiger partial charge on any atom is 0.328 e. The van der Waals surface area contributed by atoms with Crippen molar-refractivity contribution in [2.24, 2.45) is 14.1 Å². The summed E-state index contributed by atoms with van der Waals surface area (Å²) in [6.45, 7) is 0. The quantitative estimate of drug-likeness (QED) is 0.531. The Morgan fingerprint density at radius 2 is 1.77 bits per heavy atom. The molecule has 0 atom stereocenters. The molecule has 1 heterocycles. The normalized spacial score (nSPS) is 11.4. The van der Waals surface area contributed by atoms with Crippen molar-refractivity contribution in [1.29, 1.82) is 5.26 Å². The molecule has 3 rings (SSSR count). The van der Waals surface area contributed by atoms with Crippen LogP contribution in [-0.2, 0) is 18.9 Å². The molecule has 1 amide bonds. The number of rotatable bonds is 3. The summed E-state index contributed by atoms with van der Waals surface area (Å²) in [5, 5.41) is 12.0. The topological polar surface area (TPSA) is 79.8 Å². The van der Waals surface area contributed by atoms with Gasteiger partial charge in [-0.1, -0.05) is 22.0 Å². The summed E-state index contributed by atoms with van der Waals surface area (Å²) in [5.41, 5.74) is 2.63. The third-order valence-electron chi connectivity index (χ3n) is 4.07. The fourth-order valence-corrected chi connectivity index (χ4v) is 2.92. The second kappa shape index (κ2) is 7.02. The fraction of sp³-hybridized carbons (Fsp3) is 0.105. The highest BCUT2D eigenvalue weighted by Gasteiger charge is 2.11. The van der Waals surface area contributed by atoms with Crippen molar-refractivity contribution in [2.75, 3.05) is 5.32 Å². The minimum atomic E-state index is -0.489. The number of halogens is 1. The lowest BCUT2D eigenvalue weighted by Crippen LogP contribution is -2.19. The van der Waals surface area contributed by atoms with Gasteiger partial charge in [-0.05, 0) is 48.0 Å². The molecule has 0 radical (unpaired) electrons. The molecule has 7 heteroatoms. The van der Waals surface area contributed by atoms with Crippen LogP contribution in [0.15, 0.2) is 57.3 Å². The highest BCUT2D eigenvalue weighted by Crippen LogP contribution is 2.18. The number of aromatic nitrogens is 2. The van der Waals surface area contributed by atoms with E-state index in [9.17, 15) is 14.9 Å². The van der Waals surface area contributed by atoms with Gasteiger partial charge in [-0.2, -0.15) is 5.26 Å². The van der Waals surface area contributed by atoms with Gasteiger partial charge in [-0.3, -0.25) is 13.9 Å². The molecule has 3 aromatic rings. The Labute approximate surface area is 158 Å². The van der Waals surface area contributed by atoms with Crippen molar-refractivity contribution in [2.45, 2.75) is 0 Å². The molecular formula is C19H15BrN4O2. The van der Waals surface area contributed by atoms with E-state index in [0.29, 0.717) is 11.3 Å². The van der Waals surface area contributed by atoms with E-state index in [4.69, 9.17) is 0 Å². The van der Waals surface area contributed by atoms with Crippen LogP contribution in [0.5, 0.6) is 0 Å². The van der Waals surface area contributed by atoms with Crippen LogP contribution in [0.3, 0.4) is 0 Å². The Morgan fingerprint density at radius 3 is 2.42 bits per heavy atom. The monoisotopic (exact) mass is 410 g/mol. The molecule has 0 fully saturated rings. The molecule has 6 nitrogen and oxygen atoms in total. The first-order valence-electron chi connectivity index (χ1n) is 7.75. The van der Waals surface area contributed by atoms with Crippen molar-refractivity contribution in [3.8, 4) is 6.07 Å². The number of nitriles is 1. The van der Waals surface area contributed by atoms with Crippen molar-refractivity contribution in [3.63, 3.8) is 0 Å². The molecule has 0 unspecified atom stereocenters. The molecule has 26 heavy (non-hydrogen) atoms. The van der Waals surface area contributed by atoms with Crippen LogP contribution < -0.4 is 11.0 Å². The lowest BCUT2D eigenvalue weighted by molar-refractivity contribution is -0.112. The van der Waals surface area contributed by atoms with Gasteiger partial charge in [0.05, 0.1) is 11.0 Å². The van der Waals surface area contributed by atoms with Gasteiger partial charge in [0.25, 0.3) is 5.91 Å². The minimum Gasteiger partial charge on any atom is -0.321 e. The Morgan fingerprint density at radius 1 is 1.12 bits per heavy atom. The molecular weight excluding hydrogens is 396 g/mol. The number of fused-ring (bicyclic) bond motifs is 1. The van der Waals surface area contributed by atoms with E-state index in [2.05, 4.69) is 21.2 Å². The number of hydrogen-bond donors (Lipinski definition) is 1. The van der Waals surface area contributed by atoms with E-state index in [-0.39, 0.29) is 11.3 Å². The molecule has 0 aliphatic heterocycles. The number of carbonyl (C=O) groups is 1. The van der Waals surface area contributed by atoms with Crippen LogP contribution in [0.25, 0.3) is 17.1 Å². The number of aryl methyl sites for hydroxylation is 2. The number of nitrogens with zero attached hydrogens (tertiary/aromatic N) is 3. The van der Waals surface area contributed by atoms with Crippen molar-refractivity contribution in [3.05, 3.63) is 68.6 Å². The first kappa shape index (κ1) is 17.7. The summed E-state index contributed by atoms with van der Waals surface area (Å²) < 4.78 is 3.97. The van der Waals surface area contributed by atoms with Gasteiger partial charge in [-0.25, -0.2) is 4.79 Å². The lowest BCUT2D eigenvalue weighted by Gasteiger charge is -2.04. The molecule has 0 aliphatic rings. The van der Waals surface area contributed by atoms with E-state index >= 15 is 0 Å². The van der Waals surface area contributed by atoms with E-state index in [1.54, 1.807) is 61.1 Å². The summed E-state index contributed by atoms with van der Waals surface area (Å²) in [7, 11) is 3.39. The number of anilines is 1. The van der Waals surface area contributed by atoms with Crippen LogP contribution in [0.1, 0.15) is 5.56 Å². The van der Waals surface area contributed by atoms with Gasteiger partial charge in [0.15, 0.2) is 0 Å². The predicted octanol–water partition coefficient (Wildman–Crippen LogP) is 3.19. The molecule has 1 N–H and O–H groups in total. The molecule has 130 valence electrons. The van der Waals surface area contributed by atoms with Crippen molar-refractivity contribution < 1.29 is 4.79 Å². The van der Waals surface area contributed by atoms with Gasteiger partial charge >= 0.3 is 5.69 Å². The maximum atomic E-state index is 12.3. The average Bonchev–Trinajstić information content (AvgIpc) is 2.85. The van der Waals surface area contributed by atoms with Gasteiger partial charge in [0.1, 0.15) is 11.6 Å². The van der Waals surface area contributed by atoms with Gasteiger partial charge < -0.3 is 5.32 Å². The third kappa shape index (κ3) is 3.32. The van der Waals surface area contributed by atoms with Gasteiger partial charge in [0.2, 0.25) is 0 Å². The van der Waals surface area contributed by atoms with Crippen LogP contribution in [-0.4, -0.2) is 15.0 Å². The molecule has 0 saturated heterocycles. The standard InChI is InChI=1S/C19H15BrN4O2/c1-23-16-8-3-12(10-17(16)24(2)19(23)26)9-13(11-21)18(25)22-15-6-4-14(20)5-7-15/h3-10H,1-2H3,(H,22,25). The molecule has 0 saturated carbocycles. The summed E-state index contributed by atoms with van der Waals surface area (Å²) in [5.74, 6) is -0.489. The highest BCUT2D eigenvalue weighted by atomic mass is 79.9. The number of benzene rings is 2. The lowest BCUT2D eigenvalue weighted by atomic mass is 10.1. The number of amides is 1. The zero-order valence-corrected chi connectivity index (χ0v) is 15.7. The minimum absolute atomic E-state index is 0.0202. The Bertz CT molecular complexity index is 1130. The smallest absolute Gasteiger partial charge is 0.321 e. The highest BCUT2D eigenvalue weighted by molar-refractivity contribution is 9.10. The van der Waals surface area contributed by atoms with E-state index < -0.39 is 5.91 Å². The zero-order valence-electron chi connectivity index (χ0n) is 14.2. The van der Waals surface area contributed by atoms with Crippen molar-refractivity contribution >= 4 is 44.6 Å². The van der Waals surface area contributed by atoms with E-state index in [1.165, 1.54) is 10.6 Å². The number of carbonyl (C=O) groups excluding carboxylic acids is 1. The largest absolute Gasteiger partial charge is 0.328 e. The van der Waals surface area contributed by atoms with Crippen LogP contribution in [0.4, 0.5) is 5.69 Å². The Kier molecular flexibility index (Phi) is 4.78. The summed E-state index contributed by atoms with van der Waals surface area (Å²) in [4.78, 5) is 24.4. The van der Waals surface area contributed by atoms with Crippen LogP contribution in [0.2, 0.25) is 0 Å². The first-order chi connectivity index (χ1) is 12.4. The van der Waals surface area contributed by atoms with Gasteiger partial charge in [0, 0.05) is 24.3 Å². The molecule has 1 aromatic heterocycles. The zero-order chi connectivity index (χ0) is 18.8. The molecule has 0 aliphatic carbocycles. The average molecular weight is 411 g/mol. The van der Waals surface area contributed by atoms with Crippen LogP contribution >= 0.6 is 15.9 Å². The second-order valence-electron chi connectivity index (χ2n) is 5.78.